The van der Waals surface area contributed by atoms with E-state index in [4.69, 9.17) is 14.4 Å². The van der Waals surface area contributed by atoms with E-state index >= 15 is 0 Å². The van der Waals surface area contributed by atoms with Crippen molar-refractivity contribution in [3.8, 4) is 0 Å². The van der Waals surface area contributed by atoms with Gasteiger partial charge in [0.2, 0.25) is 0 Å². The van der Waals surface area contributed by atoms with Crippen molar-refractivity contribution in [1.29, 1.82) is 0 Å². The van der Waals surface area contributed by atoms with Gasteiger partial charge in [0, 0.05) is 0 Å². The van der Waals surface area contributed by atoms with Gasteiger partial charge in [-0.25, -0.2) is 0 Å². The maximum absolute atomic E-state index is 10.1. The van der Waals surface area contributed by atoms with E-state index in [1.54, 1.807) is 0 Å². The van der Waals surface area contributed by atoms with E-state index in [9.17, 15) is 4.53 Å². The number of rotatable bonds is 1. The molecule has 0 rings (SSSR count). The molecule has 0 atom stereocenters. The summed E-state index contributed by atoms with van der Waals surface area (Å²) in [6.07, 6.45) is 0. The fourth-order valence-electron chi connectivity index (χ4n) is 0. The molecule has 43 valence electrons. The van der Waals surface area contributed by atoms with Crippen molar-refractivity contribution in [2.75, 3.05) is 0 Å². The third kappa shape index (κ3) is 10.7. The van der Waals surface area contributed by atoms with Gasteiger partial charge in [-0.3, -0.25) is 0 Å². The normalized spacial score (nSPS) is 10.3. The summed E-state index contributed by atoms with van der Waals surface area (Å²) in [4.78, 5) is 26.7. The first-order chi connectivity index (χ1) is 2.56. The van der Waals surface area contributed by atoms with Crippen LogP contribution < -0.4 is 14.4 Å². The second-order valence-electron chi connectivity index (χ2n) is 0.577. The van der Waals surface area contributed by atoms with Gasteiger partial charge in [-0.05, 0) is 0 Å². The molecule has 0 heterocycles. The average molecular weight is 167 g/mol. The first kappa shape index (κ1) is 10.5. The molecule has 7 heavy (non-hydrogen) atoms. The van der Waals surface area contributed by atoms with Gasteiger partial charge in [-0.1, -0.05) is 13.6 Å². The summed E-state index contributed by atoms with van der Waals surface area (Å²) in [6, 6.07) is 0. The predicted molar refractivity (Wildman–Crippen MR) is 7.95 cm³/mol. The molecule has 0 aliphatic rings. The summed E-state index contributed by atoms with van der Waals surface area (Å²) in [5.74, 6) is 0. The zero-order chi connectivity index (χ0) is 5.21. The maximum Gasteiger partial charge on any atom is 3.00 e. The monoisotopic (exact) mass is 167 g/mol. The number of hydrogen-bond acceptors (Lipinski definition) is 4. The van der Waals surface area contributed by atoms with Gasteiger partial charge in [0.15, 0.2) is 0 Å². The first-order valence-electron chi connectivity index (χ1n) is 0.971. The summed E-state index contributed by atoms with van der Waals surface area (Å²) in [5.41, 5.74) is 0. The van der Waals surface area contributed by atoms with E-state index in [2.05, 4.69) is 0 Å². The molecule has 0 saturated carbocycles. The van der Waals surface area contributed by atoms with Gasteiger partial charge in [0.25, 0.3) is 0 Å². The van der Waals surface area contributed by atoms with Crippen molar-refractivity contribution < 1.29 is 40.6 Å². The SMILES string of the molecule is [Fe+3].[O-][Si]([O-])([O-])OF. The van der Waals surface area contributed by atoms with Crippen LogP contribution in [0.1, 0.15) is 0 Å². The molecule has 0 aromatic heterocycles. The summed E-state index contributed by atoms with van der Waals surface area (Å²) < 4.78 is 12.0. The fraction of sp³-hybridized carbons (Fsp3) is 0. The number of halogens is 1. The van der Waals surface area contributed by atoms with Gasteiger partial charge in [-0.15, -0.1) is 0 Å². The van der Waals surface area contributed by atoms with Crippen LogP contribution in [0.2, 0.25) is 0 Å². The van der Waals surface area contributed by atoms with E-state index in [1.165, 1.54) is 0 Å². The van der Waals surface area contributed by atoms with Crippen LogP contribution in [0.15, 0.2) is 0 Å². The molecule has 0 aromatic rings. The Kier molecular flexibility index (Phi) is 5.24. The molecule has 0 unspecified atom stereocenters. The topological polar surface area (TPSA) is 78.4 Å². The smallest absolute Gasteiger partial charge is 0.858 e. The fourth-order valence-corrected chi connectivity index (χ4v) is 0. The van der Waals surface area contributed by atoms with Gasteiger partial charge in [0.05, 0.1) is 0 Å². The van der Waals surface area contributed by atoms with Crippen LogP contribution in [0.25, 0.3) is 0 Å². The third-order valence-electron chi connectivity index (χ3n) is 0.0945. The summed E-state index contributed by atoms with van der Waals surface area (Å²) in [7, 11) is -5.55. The summed E-state index contributed by atoms with van der Waals surface area (Å²) in [6.45, 7) is 0. The Morgan fingerprint density at radius 1 is 1.29 bits per heavy atom. The molecule has 0 bridgehead atoms. The minimum Gasteiger partial charge on any atom is -0.858 e. The zero-order valence-electron chi connectivity index (χ0n) is 2.86. The minimum atomic E-state index is -5.55. The molecule has 1 radical (unpaired) electrons. The summed E-state index contributed by atoms with van der Waals surface area (Å²) in [5, 5.41) is 0. The van der Waals surface area contributed by atoms with Crippen LogP contribution in [0.4, 0.5) is 4.53 Å². The van der Waals surface area contributed by atoms with Crippen LogP contribution in [0.5, 0.6) is 0 Å². The Hall–Kier alpha value is 0.506. The standard InChI is InChI=1S/FO4Si.Fe/c1-5-6(2,3)4;/q-3;+3. The second-order valence-corrected chi connectivity index (χ2v) is 1.73. The van der Waals surface area contributed by atoms with Crippen LogP contribution >= 0.6 is 0 Å². The predicted octanol–water partition coefficient (Wildman–Crippen LogP) is -3.60. The minimum absolute atomic E-state index is 0. The maximum atomic E-state index is 10.1. The molecule has 4 nitrogen and oxygen atoms in total. The second kappa shape index (κ2) is 3.50. The van der Waals surface area contributed by atoms with Crippen LogP contribution in [0, 0.1) is 0 Å². The van der Waals surface area contributed by atoms with Crippen molar-refractivity contribution in [2.45, 2.75) is 0 Å². The Labute approximate surface area is 50.4 Å². The molecular weight excluding hydrogens is 167 g/mol. The molecule has 0 N–H and O–H groups in total. The molecule has 0 fully saturated rings. The van der Waals surface area contributed by atoms with Crippen molar-refractivity contribution in [3.05, 3.63) is 0 Å². The van der Waals surface area contributed by atoms with Crippen molar-refractivity contribution in [2.24, 2.45) is 0 Å². The largest absolute Gasteiger partial charge is 3.00 e. The van der Waals surface area contributed by atoms with E-state index in [1.807, 2.05) is 4.63 Å². The Bertz CT molecular complexity index is 41.4. The Balaban J connectivity index is 0. The van der Waals surface area contributed by atoms with Crippen molar-refractivity contribution in [3.63, 3.8) is 0 Å². The summed E-state index contributed by atoms with van der Waals surface area (Å²) >= 11 is 0. The third-order valence-corrected chi connectivity index (χ3v) is 0.283. The van der Waals surface area contributed by atoms with Crippen molar-refractivity contribution in [1.82, 2.24) is 0 Å². The molecule has 0 aromatic carbocycles. The molecule has 0 aliphatic carbocycles. The zero-order valence-corrected chi connectivity index (χ0v) is 4.97. The van der Waals surface area contributed by atoms with Crippen LogP contribution in [0.3, 0.4) is 0 Å². The molecule has 7 heteroatoms. The average Bonchev–Trinajstić information content (AvgIpc) is 1.35. The first-order valence-corrected chi connectivity index (χ1v) is 2.60. The van der Waals surface area contributed by atoms with Gasteiger partial charge in [-0.2, -0.15) is 0 Å². The molecule has 0 amide bonds. The van der Waals surface area contributed by atoms with Gasteiger partial charge in [0.1, 0.15) is 0 Å². The van der Waals surface area contributed by atoms with E-state index in [0.29, 0.717) is 0 Å². The Morgan fingerprint density at radius 2 is 1.43 bits per heavy atom. The molecular formula is FFeO4Si. The quantitative estimate of drug-likeness (QED) is 0.378. The van der Waals surface area contributed by atoms with Gasteiger partial charge >= 0.3 is 17.1 Å². The molecule has 0 spiro atoms. The van der Waals surface area contributed by atoms with Crippen LogP contribution in [-0.2, 0) is 21.7 Å². The van der Waals surface area contributed by atoms with E-state index in [0.717, 1.165) is 0 Å². The van der Waals surface area contributed by atoms with E-state index in [-0.39, 0.29) is 17.1 Å². The van der Waals surface area contributed by atoms with Crippen LogP contribution in [-0.4, -0.2) is 9.05 Å². The molecule has 0 aliphatic heterocycles. The Morgan fingerprint density at radius 3 is 1.43 bits per heavy atom. The van der Waals surface area contributed by atoms with Gasteiger partial charge < -0.3 is 19.0 Å². The van der Waals surface area contributed by atoms with E-state index < -0.39 is 9.05 Å². The van der Waals surface area contributed by atoms with Crippen molar-refractivity contribution >= 4 is 9.05 Å². The number of hydrogen-bond donors (Lipinski definition) is 0. The molecule has 0 saturated heterocycles.